The van der Waals surface area contributed by atoms with E-state index in [4.69, 9.17) is 4.74 Å². The number of benzene rings is 1. The number of hydrogen-bond acceptors (Lipinski definition) is 5. The molecule has 0 aliphatic heterocycles. The van der Waals surface area contributed by atoms with Crippen LogP contribution in [0.3, 0.4) is 0 Å². The number of halogens is 3. The summed E-state index contributed by atoms with van der Waals surface area (Å²) in [6, 6.07) is 4.66. The van der Waals surface area contributed by atoms with E-state index >= 15 is 0 Å². The highest BCUT2D eigenvalue weighted by Gasteiger charge is 2.20. The predicted molar refractivity (Wildman–Crippen MR) is 94.8 cm³/mol. The Balaban J connectivity index is 2.06. The largest absolute Gasteiger partial charge is 0.491 e. The normalized spacial score (nSPS) is 12.4. The van der Waals surface area contributed by atoms with Gasteiger partial charge in [-0.2, -0.15) is 0 Å². The van der Waals surface area contributed by atoms with Gasteiger partial charge in [-0.25, -0.2) is 23.1 Å². The molecule has 0 saturated heterocycles. The van der Waals surface area contributed by atoms with Gasteiger partial charge in [0.2, 0.25) is 0 Å². The van der Waals surface area contributed by atoms with Gasteiger partial charge in [0.1, 0.15) is 23.1 Å². The molecule has 1 atom stereocenters. The van der Waals surface area contributed by atoms with Crippen molar-refractivity contribution in [1.29, 1.82) is 0 Å². The molecule has 1 unspecified atom stereocenters. The van der Waals surface area contributed by atoms with Crippen LogP contribution in [0, 0.1) is 12.7 Å². The zero-order valence-electron chi connectivity index (χ0n) is 14.8. The Morgan fingerprint density at radius 2 is 1.93 bits per heavy atom. The highest BCUT2D eigenvalue weighted by atomic mass is 19.3. The van der Waals surface area contributed by atoms with E-state index < -0.39 is 29.4 Å². The molecule has 2 N–H and O–H groups in total. The van der Waals surface area contributed by atoms with E-state index in [1.165, 1.54) is 25.3 Å². The van der Waals surface area contributed by atoms with Crippen molar-refractivity contribution in [2.24, 2.45) is 0 Å². The molecule has 0 saturated carbocycles. The first kappa shape index (κ1) is 18.7. The summed E-state index contributed by atoms with van der Waals surface area (Å²) in [6.45, 7) is 3.26. The quantitative estimate of drug-likeness (QED) is 0.704. The minimum absolute atomic E-state index is 0.0662. The summed E-state index contributed by atoms with van der Waals surface area (Å²) in [5.74, 6) is -0.202. The fourth-order valence-electron chi connectivity index (χ4n) is 2.79. The van der Waals surface area contributed by atoms with E-state index in [0.29, 0.717) is 17.0 Å². The maximum Gasteiger partial charge on any atom is 0.291 e. The smallest absolute Gasteiger partial charge is 0.291 e. The van der Waals surface area contributed by atoms with E-state index in [-0.39, 0.29) is 17.0 Å². The zero-order valence-corrected chi connectivity index (χ0v) is 14.8. The van der Waals surface area contributed by atoms with Crippen molar-refractivity contribution >= 4 is 16.9 Å². The summed E-state index contributed by atoms with van der Waals surface area (Å²) in [5.41, 5.74) is -0.743. The van der Waals surface area contributed by atoms with Crippen LogP contribution in [-0.2, 0) is 0 Å². The van der Waals surface area contributed by atoms with Gasteiger partial charge in [0.25, 0.3) is 12.0 Å². The lowest BCUT2D eigenvalue weighted by atomic mass is 10.0. The van der Waals surface area contributed by atoms with Crippen LogP contribution in [0.4, 0.5) is 19.0 Å². The van der Waals surface area contributed by atoms with Gasteiger partial charge in [-0.05, 0) is 13.8 Å². The molecule has 9 heteroatoms. The molecule has 6 nitrogen and oxygen atoms in total. The van der Waals surface area contributed by atoms with Crippen molar-refractivity contribution in [1.82, 2.24) is 15.0 Å². The van der Waals surface area contributed by atoms with Gasteiger partial charge in [0.05, 0.1) is 24.1 Å². The maximum atomic E-state index is 14.4. The number of aromatic nitrogens is 3. The van der Waals surface area contributed by atoms with Gasteiger partial charge in [-0.3, -0.25) is 4.79 Å². The number of anilines is 1. The summed E-state index contributed by atoms with van der Waals surface area (Å²) >= 11 is 0. The summed E-state index contributed by atoms with van der Waals surface area (Å²) in [5, 5.41) is 3.46. The molecule has 0 spiro atoms. The van der Waals surface area contributed by atoms with Crippen molar-refractivity contribution in [2.75, 3.05) is 12.4 Å². The second-order valence-corrected chi connectivity index (χ2v) is 5.97. The Bertz CT molecular complexity index is 1050. The van der Waals surface area contributed by atoms with E-state index in [9.17, 15) is 18.0 Å². The molecule has 3 aromatic rings. The molecule has 0 bridgehead atoms. The maximum absolute atomic E-state index is 14.4. The van der Waals surface area contributed by atoms with Gasteiger partial charge in [-0.15, -0.1) is 0 Å². The van der Waals surface area contributed by atoms with Gasteiger partial charge >= 0.3 is 0 Å². The fraction of sp³-hybridized carbons (Fsp3) is 0.278. The standard InChI is InChI=1S/C18H17F3N4O2/c1-8(10-5-4-6-11(14(10)19)15(20)21)22-16-12-7-13(27-3)18(26)25-17(12)24-9(2)23-16/h4-8,15H,1-3H3,(H2,22,23,24,25,26). The molecular formula is C18H17F3N4O2. The molecule has 27 heavy (non-hydrogen) atoms. The van der Waals surface area contributed by atoms with E-state index in [1.807, 2.05) is 0 Å². The second kappa shape index (κ2) is 7.26. The number of aromatic amines is 1. The lowest BCUT2D eigenvalue weighted by Crippen LogP contribution is -2.14. The van der Waals surface area contributed by atoms with E-state index in [2.05, 4.69) is 20.3 Å². The molecule has 0 aliphatic rings. The first-order chi connectivity index (χ1) is 12.8. The topological polar surface area (TPSA) is 79.9 Å². The van der Waals surface area contributed by atoms with Gasteiger partial charge < -0.3 is 15.0 Å². The van der Waals surface area contributed by atoms with Crippen LogP contribution in [0.25, 0.3) is 11.0 Å². The number of methoxy groups -OCH3 is 1. The van der Waals surface area contributed by atoms with Crippen LogP contribution in [0.1, 0.15) is 36.3 Å². The number of pyridine rings is 1. The number of aryl methyl sites for hydroxylation is 1. The highest BCUT2D eigenvalue weighted by Crippen LogP contribution is 2.30. The lowest BCUT2D eigenvalue weighted by Gasteiger charge is -2.18. The molecule has 1 aromatic carbocycles. The van der Waals surface area contributed by atoms with Crippen LogP contribution < -0.4 is 15.6 Å². The fourth-order valence-corrected chi connectivity index (χ4v) is 2.79. The van der Waals surface area contributed by atoms with E-state index in [1.54, 1.807) is 13.8 Å². The van der Waals surface area contributed by atoms with Crippen LogP contribution in [-0.4, -0.2) is 22.1 Å². The highest BCUT2D eigenvalue weighted by molar-refractivity contribution is 5.87. The number of H-pyrrole nitrogens is 1. The number of hydrogen-bond donors (Lipinski definition) is 2. The van der Waals surface area contributed by atoms with Crippen molar-refractivity contribution in [3.05, 3.63) is 57.4 Å². The van der Waals surface area contributed by atoms with Crippen LogP contribution >= 0.6 is 0 Å². The molecule has 3 rings (SSSR count). The summed E-state index contributed by atoms with van der Waals surface area (Å²) in [4.78, 5) is 22.9. The predicted octanol–water partition coefficient (Wildman–Crippen LogP) is 3.88. The van der Waals surface area contributed by atoms with E-state index in [0.717, 1.165) is 6.07 Å². The monoisotopic (exact) mass is 378 g/mol. The van der Waals surface area contributed by atoms with Crippen molar-refractivity contribution in [3.63, 3.8) is 0 Å². The minimum atomic E-state index is -2.91. The Kier molecular flexibility index (Phi) is 5.02. The molecule has 2 aromatic heterocycles. The van der Waals surface area contributed by atoms with Crippen molar-refractivity contribution in [2.45, 2.75) is 26.3 Å². The van der Waals surface area contributed by atoms with Crippen LogP contribution in [0.2, 0.25) is 0 Å². The molecule has 142 valence electrons. The average Bonchev–Trinajstić information content (AvgIpc) is 2.60. The van der Waals surface area contributed by atoms with Gasteiger partial charge in [-0.1, -0.05) is 18.2 Å². The second-order valence-electron chi connectivity index (χ2n) is 5.97. The summed E-state index contributed by atoms with van der Waals surface area (Å²) in [7, 11) is 1.35. The number of rotatable bonds is 5. The SMILES string of the molecule is COc1cc2c(NC(C)c3cccc(C(F)F)c3F)nc(C)nc2[nH]c1=O. The average molecular weight is 378 g/mol. The third-order valence-corrected chi connectivity index (χ3v) is 4.12. The zero-order chi connectivity index (χ0) is 19.7. The number of nitrogens with zero attached hydrogens (tertiary/aromatic N) is 2. The van der Waals surface area contributed by atoms with Crippen molar-refractivity contribution < 1.29 is 17.9 Å². The first-order valence-corrected chi connectivity index (χ1v) is 8.10. The number of ether oxygens (including phenoxy) is 1. The number of alkyl halides is 2. The third-order valence-electron chi connectivity index (χ3n) is 4.12. The lowest BCUT2D eigenvalue weighted by molar-refractivity contribution is 0.146. The molecular weight excluding hydrogens is 361 g/mol. The number of nitrogens with one attached hydrogen (secondary N) is 2. The molecule has 0 radical (unpaired) electrons. The van der Waals surface area contributed by atoms with Crippen LogP contribution in [0.5, 0.6) is 5.75 Å². The third kappa shape index (κ3) is 3.57. The summed E-state index contributed by atoms with van der Waals surface area (Å²) in [6.07, 6.45) is -2.91. The number of fused-ring (bicyclic) bond motifs is 1. The Labute approximate surface area is 152 Å². The Morgan fingerprint density at radius 1 is 1.22 bits per heavy atom. The molecule has 2 heterocycles. The minimum Gasteiger partial charge on any atom is -0.491 e. The molecule has 0 aliphatic carbocycles. The van der Waals surface area contributed by atoms with Crippen LogP contribution in [0.15, 0.2) is 29.1 Å². The first-order valence-electron chi connectivity index (χ1n) is 8.10. The Morgan fingerprint density at radius 3 is 2.59 bits per heavy atom. The van der Waals surface area contributed by atoms with Crippen molar-refractivity contribution in [3.8, 4) is 5.75 Å². The Hall–Kier alpha value is -3.10. The van der Waals surface area contributed by atoms with Gasteiger partial charge in [0.15, 0.2) is 5.75 Å². The molecule has 0 amide bonds. The summed E-state index contributed by atoms with van der Waals surface area (Å²) < 4.78 is 45.3. The molecule has 0 fully saturated rings. The van der Waals surface area contributed by atoms with Gasteiger partial charge in [0, 0.05) is 11.6 Å².